The summed E-state index contributed by atoms with van der Waals surface area (Å²) in [5.74, 6) is 0.129. The Labute approximate surface area is 166 Å². The highest BCUT2D eigenvalue weighted by atomic mass is 16.3. The zero-order chi connectivity index (χ0) is 19.3. The molecule has 142 valence electrons. The highest BCUT2D eigenvalue weighted by Gasteiger charge is 2.21. The maximum atomic E-state index is 12.9. The fourth-order valence-electron chi connectivity index (χ4n) is 3.85. The van der Waals surface area contributed by atoms with E-state index in [0.717, 1.165) is 53.9 Å². The molecule has 0 amide bonds. The lowest BCUT2D eigenvalue weighted by molar-refractivity contribution is 0.0992. The Morgan fingerprint density at radius 1 is 0.857 bits per heavy atom. The molecule has 1 fully saturated rings. The van der Waals surface area contributed by atoms with E-state index in [1.165, 1.54) is 0 Å². The SMILES string of the molecule is O=C(Cc1cc(-c2ccccc2)ccc1N1CCC(O)CC1)c1ccccc1. The number of anilines is 1. The van der Waals surface area contributed by atoms with E-state index < -0.39 is 0 Å². The lowest BCUT2D eigenvalue weighted by Gasteiger charge is -2.33. The predicted molar refractivity (Wildman–Crippen MR) is 114 cm³/mol. The maximum Gasteiger partial charge on any atom is 0.167 e. The molecule has 3 aromatic carbocycles. The molecule has 4 rings (SSSR count). The third kappa shape index (κ3) is 4.15. The van der Waals surface area contributed by atoms with Crippen molar-refractivity contribution in [1.29, 1.82) is 0 Å². The van der Waals surface area contributed by atoms with Gasteiger partial charge in [-0.2, -0.15) is 0 Å². The molecule has 0 unspecified atom stereocenters. The minimum absolute atomic E-state index is 0.129. The van der Waals surface area contributed by atoms with E-state index in [-0.39, 0.29) is 11.9 Å². The van der Waals surface area contributed by atoms with Crippen LogP contribution >= 0.6 is 0 Å². The Kier molecular flexibility index (Phi) is 5.54. The average Bonchev–Trinajstić information content (AvgIpc) is 2.76. The van der Waals surface area contributed by atoms with Gasteiger partial charge in [-0.05, 0) is 41.7 Å². The largest absolute Gasteiger partial charge is 0.393 e. The molecule has 1 N–H and O–H groups in total. The van der Waals surface area contributed by atoms with E-state index >= 15 is 0 Å². The zero-order valence-electron chi connectivity index (χ0n) is 15.9. The number of hydrogen-bond acceptors (Lipinski definition) is 3. The quantitative estimate of drug-likeness (QED) is 0.659. The molecule has 0 atom stereocenters. The summed E-state index contributed by atoms with van der Waals surface area (Å²) in [6, 6.07) is 26.2. The van der Waals surface area contributed by atoms with Gasteiger partial charge in [0, 0.05) is 30.8 Å². The molecular weight excluding hydrogens is 346 g/mol. The molecule has 0 saturated carbocycles. The number of piperidine rings is 1. The fourth-order valence-corrected chi connectivity index (χ4v) is 3.85. The number of carbonyl (C=O) groups excluding carboxylic acids is 1. The summed E-state index contributed by atoms with van der Waals surface area (Å²) < 4.78 is 0. The molecule has 1 aliphatic heterocycles. The van der Waals surface area contributed by atoms with Gasteiger partial charge in [0.1, 0.15) is 0 Å². The molecule has 1 heterocycles. The van der Waals surface area contributed by atoms with Gasteiger partial charge in [-0.15, -0.1) is 0 Å². The van der Waals surface area contributed by atoms with Crippen molar-refractivity contribution in [3.8, 4) is 11.1 Å². The third-order valence-corrected chi connectivity index (χ3v) is 5.44. The van der Waals surface area contributed by atoms with Gasteiger partial charge < -0.3 is 10.0 Å². The number of aliphatic hydroxyl groups excluding tert-OH is 1. The topological polar surface area (TPSA) is 40.5 Å². The van der Waals surface area contributed by atoms with Gasteiger partial charge in [0.15, 0.2) is 5.78 Å². The van der Waals surface area contributed by atoms with Crippen molar-refractivity contribution < 1.29 is 9.90 Å². The van der Waals surface area contributed by atoms with Crippen molar-refractivity contribution in [1.82, 2.24) is 0 Å². The minimum atomic E-state index is -0.214. The normalized spacial score (nSPS) is 14.8. The molecule has 28 heavy (non-hydrogen) atoms. The lowest BCUT2D eigenvalue weighted by Crippen LogP contribution is -2.36. The summed E-state index contributed by atoms with van der Waals surface area (Å²) in [4.78, 5) is 15.2. The number of carbonyl (C=O) groups is 1. The van der Waals surface area contributed by atoms with Crippen LogP contribution in [0.3, 0.4) is 0 Å². The molecule has 0 bridgehead atoms. The molecule has 0 spiro atoms. The monoisotopic (exact) mass is 371 g/mol. The summed E-state index contributed by atoms with van der Waals surface area (Å²) in [5, 5.41) is 9.85. The number of nitrogens with zero attached hydrogens (tertiary/aromatic N) is 1. The summed E-state index contributed by atoms with van der Waals surface area (Å²) in [7, 11) is 0. The molecule has 0 aliphatic carbocycles. The Morgan fingerprint density at radius 3 is 2.18 bits per heavy atom. The molecule has 0 radical (unpaired) electrons. The van der Waals surface area contributed by atoms with Crippen molar-refractivity contribution in [3.05, 3.63) is 90.0 Å². The van der Waals surface area contributed by atoms with Crippen LogP contribution in [0.25, 0.3) is 11.1 Å². The lowest BCUT2D eigenvalue weighted by atomic mass is 9.95. The van der Waals surface area contributed by atoms with Gasteiger partial charge in [0.25, 0.3) is 0 Å². The summed E-state index contributed by atoms with van der Waals surface area (Å²) in [6.07, 6.45) is 1.70. The van der Waals surface area contributed by atoms with Gasteiger partial charge in [-0.1, -0.05) is 66.7 Å². The van der Waals surface area contributed by atoms with Crippen LogP contribution in [-0.2, 0) is 6.42 Å². The van der Waals surface area contributed by atoms with E-state index in [4.69, 9.17) is 0 Å². The van der Waals surface area contributed by atoms with Gasteiger partial charge in [0.05, 0.1) is 6.10 Å². The summed E-state index contributed by atoms with van der Waals surface area (Å²) >= 11 is 0. The fraction of sp³-hybridized carbons (Fsp3) is 0.240. The van der Waals surface area contributed by atoms with Crippen LogP contribution in [0.4, 0.5) is 5.69 Å². The van der Waals surface area contributed by atoms with E-state index in [1.54, 1.807) is 0 Å². The van der Waals surface area contributed by atoms with Crippen LogP contribution in [0.15, 0.2) is 78.9 Å². The first kappa shape index (κ1) is 18.5. The first-order chi connectivity index (χ1) is 13.7. The van der Waals surface area contributed by atoms with Crippen LogP contribution in [-0.4, -0.2) is 30.1 Å². The van der Waals surface area contributed by atoms with Crippen LogP contribution < -0.4 is 4.90 Å². The van der Waals surface area contributed by atoms with E-state index in [0.29, 0.717) is 6.42 Å². The highest BCUT2D eigenvalue weighted by Crippen LogP contribution is 2.30. The van der Waals surface area contributed by atoms with Crippen molar-refractivity contribution in [3.63, 3.8) is 0 Å². The number of benzene rings is 3. The van der Waals surface area contributed by atoms with Gasteiger partial charge in [-0.25, -0.2) is 0 Å². The standard InChI is InChI=1S/C25H25NO2/c27-23-13-15-26(16-14-23)24-12-11-21(19-7-3-1-4-8-19)17-22(24)18-25(28)20-9-5-2-6-10-20/h1-12,17,23,27H,13-16,18H2. The number of Topliss-reactive ketones (excluding diaryl/α,β-unsaturated/α-hetero) is 1. The molecular formula is C25H25NO2. The first-order valence-electron chi connectivity index (χ1n) is 9.90. The number of aliphatic hydroxyl groups is 1. The van der Waals surface area contributed by atoms with Crippen LogP contribution in [0, 0.1) is 0 Å². The van der Waals surface area contributed by atoms with E-state index in [1.807, 2.05) is 48.5 Å². The third-order valence-electron chi connectivity index (χ3n) is 5.44. The van der Waals surface area contributed by atoms with Gasteiger partial charge >= 0.3 is 0 Å². The van der Waals surface area contributed by atoms with E-state index in [9.17, 15) is 9.90 Å². The number of rotatable bonds is 5. The maximum absolute atomic E-state index is 12.9. The Morgan fingerprint density at radius 2 is 1.50 bits per heavy atom. The van der Waals surface area contributed by atoms with Crippen molar-refractivity contribution >= 4 is 11.5 Å². The summed E-state index contributed by atoms with van der Waals surface area (Å²) in [5.41, 5.74) is 5.17. The van der Waals surface area contributed by atoms with Crippen molar-refractivity contribution in [2.75, 3.05) is 18.0 Å². The molecule has 3 nitrogen and oxygen atoms in total. The second-order valence-electron chi connectivity index (χ2n) is 7.39. The first-order valence-corrected chi connectivity index (χ1v) is 9.90. The van der Waals surface area contributed by atoms with Gasteiger partial charge in [0.2, 0.25) is 0 Å². The van der Waals surface area contributed by atoms with Crippen LogP contribution in [0.1, 0.15) is 28.8 Å². The molecule has 3 heteroatoms. The van der Waals surface area contributed by atoms with Crippen molar-refractivity contribution in [2.45, 2.75) is 25.4 Å². The number of ketones is 1. The van der Waals surface area contributed by atoms with Crippen LogP contribution in [0.2, 0.25) is 0 Å². The Balaban J connectivity index is 1.68. The molecule has 3 aromatic rings. The molecule has 1 saturated heterocycles. The average molecular weight is 371 g/mol. The number of hydrogen-bond donors (Lipinski definition) is 1. The van der Waals surface area contributed by atoms with Crippen LogP contribution in [0.5, 0.6) is 0 Å². The van der Waals surface area contributed by atoms with Crippen molar-refractivity contribution in [2.24, 2.45) is 0 Å². The smallest absolute Gasteiger partial charge is 0.167 e. The Bertz CT molecular complexity index is 929. The second kappa shape index (κ2) is 8.41. The van der Waals surface area contributed by atoms with Gasteiger partial charge in [-0.3, -0.25) is 4.79 Å². The summed E-state index contributed by atoms with van der Waals surface area (Å²) in [6.45, 7) is 1.64. The predicted octanol–water partition coefficient (Wildman–Crippen LogP) is 4.74. The Hall–Kier alpha value is -2.91. The molecule has 0 aromatic heterocycles. The zero-order valence-corrected chi connectivity index (χ0v) is 15.9. The second-order valence-corrected chi connectivity index (χ2v) is 7.39. The highest BCUT2D eigenvalue weighted by molar-refractivity contribution is 5.98. The molecule has 1 aliphatic rings. The minimum Gasteiger partial charge on any atom is -0.393 e. The van der Waals surface area contributed by atoms with E-state index in [2.05, 4.69) is 35.2 Å².